The van der Waals surface area contributed by atoms with Crippen molar-refractivity contribution in [2.45, 2.75) is 0 Å². The van der Waals surface area contributed by atoms with Crippen LogP contribution in [0.3, 0.4) is 0 Å². The lowest BCUT2D eigenvalue weighted by Gasteiger charge is -2.14. The Morgan fingerprint density at radius 2 is 1.00 bits per heavy atom. The molecule has 0 unspecified atom stereocenters. The highest BCUT2D eigenvalue weighted by atomic mass is 16.3. The number of rotatable bonds is 4. The molecule has 0 radical (unpaired) electrons. The van der Waals surface area contributed by atoms with E-state index in [9.17, 15) is 0 Å². The normalized spacial score (nSPS) is 12.5. The third-order valence-electron chi connectivity index (χ3n) is 14.1. The number of nitrogens with zero attached hydrogens (tertiary/aromatic N) is 5. The first-order valence-electron chi connectivity index (χ1n) is 22.6. The van der Waals surface area contributed by atoms with Crippen LogP contribution in [-0.2, 0) is 0 Å². The van der Waals surface area contributed by atoms with Crippen LogP contribution in [0.15, 0.2) is 211 Å². The summed E-state index contributed by atoms with van der Waals surface area (Å²) in [6.45, 7) is 4.55. The van der Waals surface area contributed by atoms with Crippen molar-refractivity contribution in [3.63, 3.8) is 0 Å². The number of benzene rings is 10. The molecule has 15 rings (SSSR count). The highest BCUT2D eigenvalue weighted by Gasteiger charge is 2.26. The van der Waals surface area contributed by atoms with E-state index in [-0.39, 0.29) is 0 Å². The van der Waals surface area contributed by atoms with Gasteiger partial charge in [0, 0.05) is 43.4 Å². The van der Waals surface area contributed by atoms with Crippen molar-refractivity contribution >= 4 is 92.7 Å². The van der Waals surface area contributed by atoms with E-state index >= 15 is 0 Å². The average molecular weight is 854 g/mol. The molecule has 10 aromatic carbocycles. The van der Waals surface area contributed by atoms with Gasteiger partial charge in [-0.25, -0.2) is 4.98 Å². The molecular weight excluding hydrogens is 819 g/mol. The van der Waals surface area contributed by atoms with E-state index in [4.69, 9.17) is 19.4 Å². The Morgan fingerprint density at radius 3 is 1.81 bits per heavy atom. The van der Waals surface area contributed by atoms with Crippen LogP contribution in [0.2, 0.25) is 0 Å². The number of hydrogen-bond donors (Lipinski definition) is 0. The van der Waals surface area contributed by atoms with Gasteiger partial charge in [-0.15, -0.1) is 0 Å². The molecule has 0 saturated carbocycles. The smallest absolute Gasteiger partial charge is 0.238 e. The molecule has 4 aromatic heterocycles. The zero-order valence-electron chi connectivity index (χ0n) is 35.9. The lowest BCUT2D eigenvalue weighted by Crippen LogP contribution is -2.07. The van der Waals surface area contributed by atoms with E-state index in [0.717, 1.165) is 93.9 Å². The molecule has 1 aliphatic rings. The van der Waals surface area contributed by atoms with Crippen molar-refractivity contribution in [3.05, 3.63) is 218 Å². The van der Waals surface area contributed by atoms with E-state index in [0.29, 0.717) is 17.6 Å². The Labute approximate surface area is 382 Å². The van der Waals surface area contributed by atoms with Crippen LogP contribution in [0, 0.1) is 0 Å². The van der Waals surface area contributed by atoms with Crippen molar-refractivity contribution < 1.29 is 4.42 Å². The molecule has 6 nitrogen and oxygen atoms in total. The maximum Gasteiger partial charge on any atom is 0.238 e. The fourth-order valence-electron chi connectivity index (χ4n) is 11.1. The molecule has 310 valence electrons. The molecule has 14 aromatic rings. The topological polar surface area (TPSA) is 61.7 Å². The van der Waals surface area contributed by atoms with E-state index in [1.165, 1.54) is 37.9 Å². The lowest BCUT2D eigenvalue weighted by molar-refractivity contribution is 0.666. The molecule has 1 aliphatic carbocycles. The molecule has 67 heavy (non-hydrogen) atoms. The van der Waals surface area contributed by atoms with Crippen LogP contribution in [-0.4, -0.2) is 24.1 Å². The zero-order chi connectivity index (χ0) is 43.9. The Morgan fingerprint density at radius 1 is 0.373 bits per heavy atom. The SMILES string of the molecule is C=C1c2ccccc2-c2ccc(-c3nc(-c4ccc(-n5c6cc7ccccc7cc6c6c7ccccc7ccc65)c5oc6ccccc6c45)nc(-n4c5ccccc5c5ccccc54)n3)cc21. The predicted molar refractivity (Wildman–Crippen MR) is 275 cm³/mol. The summed E-state index contributed by atoms with van der Waals surface area (Å²) in [5.41, 5.74) is 14.0. The van der Waals surface area contributed by atoms with Gasteiger partial charge in [0.2, 0.25) is 5.95 Å². The molecule has 0 aliphatic heterocycles. The summed E-state index contributed by atoms with van der Waals surface area (Å²) in [4.78, 5) is 16.3. The Kier molecular flexibility index (Phi) is 7.28. The second-order valence-electron chi connectivity index (χ2n) is 17.6. The predicted octanol–water partition coefficient (Wildman–Crippen LogP) is 15.6. The van der Waals surface area contributed by atoms with Crippen molar-refractivity contribution in [1.29, 1.82) is 0 Å². The van der Waals surface area contributed by atoms with Crippen LogP contribution < -0.4 is 0 Å². The Balaban J connectivity index is 1.03. The van der Waals surface area contributed by atoms with Gasteiger partial charge in [0.15, 0.2) is 17.2 Å². The summed E-state index contributed by atoms with van der Waals surface area (Å²) < 4.78 is 11.6. The monoisotopic (exact) mass is 853 g/mol. The van der Waals surface area contributed by atoms with E-state index < -0.39 is 0 Å². The van der Waals surface area contributed by atoms with Gasteiger partial charge in [0.05, 0.1) is 27.8 Å². The van der Waals surface area contributed by atoms with Crippen molar-refractivity contribution in [3.8, 4) is 45.5 Å². The summed E-state index contributed by atoms with van der Waals surface area (Å²) in [6.07, 6.45) is 0. The van der Waals surface area contributed by atoms with Crippen LogP contribution in [0.25, 0.3) is 138 Å². The number of fused-ring (bicyclic) bond motifs is 15. The average Bonchev–Trinajstić information content (AvgIpc) is 4.12. The van der Waals surface area contributed by atoms with Gasteiger partial charge in [-0.05, 0) is 104 Å². The van der Waals surface area contributed by atoms with E-state index in [2.05, 4.69) is 204 Å². The molecule has 0 bridgehead atoms. The molecule has 0 saturated heterocycles. The van der Waals surface area contributed by atoms with Crippen molar-refractivity contribution in [2.24, 2.45) is 0 Å². The molecule has 6 heteroatoms. The first-order valence-corrected chi connectivity index (χ1v) is 22.6. The lowest BCUT2D eigenvalue weighted by atomic mass is 10.0. The van der Waals surface area contributed by atoms with Crippen LogP contribution in [0.4, 0.5) is 0 Å². The quantitative estimate of drug-likeness (QED) is 0.177. The number of para-hydroxylation sites is 3. The minimum Gasteiger partial charge on any atom is -0.454 e. The van der Waals surface area contributed by atoms with Gasteiger partial charge in [-0.1, -0.05) is 152 Å². The highest BCUT2D eigenvalue weighted by molar-refractivity contribution is 6.24. The molecular formula is C61H35N5O. The summed E-state index contributed by atoms with van der Waals surface area (Å²) in [6, 6.07) is 71.0. The minimum atomic E-state index is 0.534. The van der Waals surface area contributed by atoms with Crippen LogP contribution in [0.5, 0.6) is 0 Å². The first-order chi connectivity index (χ1) is 33.1. The van der Waals surface area contributed by atoms with Gasteiger partial charge < -0.3 is 8.98 Å². The van der Waals surface area contributed by atoms with Crippen molar-refractivity contribution in [1.82, 2.24) is 24.1 Å². The molecule has 0 amide bonds. The maximum absolute atomic E-state index is 7.06. The van der Waals surface area contributed by atoms with Crippen LogP contribution in [0.1, 0.15) is 11.1 Å². The third-order valence-corrected chi connectivity index (χ3v) is 14.1. The van der Waals surface area contributed by atoms with E-state index in [1.54, 1.807) is 0 Å². The molecule has 0 N–H and O–H groups in total. The molecule has 4 heterocycles. The fraction of sp³-hybridized carbons (Fsp3) is 0. The summed E-state index contributed by atoms with van der Waals surface area (Å²) in [5, 5.41) is 11.4. The Bertz CT molecular complexity index is 4440. The minimum absolute atomic E-state index is 0.534. The zero-order valence-corrected chi connectivity index (χ0v) is 35.9. The third kappa shape index (κ3) is 5.06. The summed E-state index contributed by atoms with van der Waals surface area (Å²) in [5.74, 6) is 1.65. The van der Waals surface area contributed by atoms with Gasteiger partial charge in [0.25, 0.3) is 0 Å². The van der Waals surface area contributed by atoms with Gasteiger partial charge >= 0.3 is 0 Å². The second-order valence-corrected chi connectivity index (χ2v) is 17.6. The highest BCUT2D eigenvalue weighted by Crippen LogP contribution is 2.47. The maximum atomic E-state index is 7.06. The second kappa shape index (κ2) is 13.5. The molecule has 0 spiro atoms. The standard InChI is InChI=1S/C61H35N5O/c1-35-40-17-6-7-19-42(40)43-28-26-39(33-48(35)43)59-62-60(64-61(63-59)66-50-23-11-8-20-44(50)45-21-9-12-24-51(45)66)47-29-31-53(58-57(47)46-22-10-13-25-55(46)67-58)65-52-30-27-36-14-4-5-18-41(36)56(52)49-32-37-15-2-3-16-38(37)34-54(49)65/h2-34H,1H2. The van der Waals surface area contributed by atoms with Gasteiger partial charge in [-0.3, -0.25) is 4.57 Å². The summed E-state index contributed by atoms with van der Waals surface area (Å²) in [7, 11) is 0. The van der Waals surface area contributed by atoms with Gasteiger partial charge in [-0.2, -0.15) is 9.97 Å². The van der Waals surface area contributed by atoms with E-state index in [1.807, 2.05) is 12.1 Å². The van der Waals surface area contributed by atoms with Crippen LogP contribution >= 0.6 is 0 Å². The number of hydrogen-bond acceptors (Lipinski definition) is 4. The molecule has 0 fully saturated rings. The number of aromatic nitrogens is 5. The molecule has 0 atom stereocenters. The largest absolute Gasteiger partial charge is 0.454 e. The number of furan rings is 1. The van der Waals surface area contributed by atoms with Gasteiger partial charge in [0.1, 0.15) is 5.58 Å². The fourth-order valence-corrected chi connectivity index (χ4v) is 11.1. The van der Waals surface area contributed by atoms with Crippen molar-refractivity contribution in [2.75, 3.05) is 0 Å². The summed E-state index contributed by atoms with van der Waals surface area (Å²) >= 11 is 0. The first kappa shape index (κ1) is 36.2. The Hall–Kier alpha value is -9.13.